The van der Waals surface area contributed by atoms with Gasteiger partial charge in [-0.25, -0.2) is 0 Å². The van der Waals surface area contributed by atoms with E-state index in [0.29, 0.717) is 12.5 Å². The van der Waals surface area contributed by atoms with E-state index in [0.717, 1.165) is 32.4 Å². The van der Waals surface area contributed by atoms with E-state index in [1.807, 2.05) is 0 Å². The molecule has 22 heavy (non-hydrogen) atoms. The Balaban J connectivity index is 1.52. The van der Waals surface area contributed by atoms with E-state index in [1.54, 1.807) is 0 Å². The summed E-state index contributed by atoms with van der Waals surface area (Å²) < 4.78 is 5.53. The minimum absolute atomic E-state index is 0.247. The quantitative estimate of drug-likeness (QED) is 0.585. The van der Waals surface area contributed by atoms with Crippen molar-refractivity contribution < 1.29 is 4.74 Å². The summed E-state index contributed by atoms with van der Waals surface area (Å²) in [5.41, 5.74) is 9.71. The molecule has 2 heterocycles. The fourth-order valence-electron chi connectivity index (χ4n) is 3.02. The second-order valence-corrected chi connectivity index (χ2v) is 5.85. The summed E-state index contributed by atoms with van der Waals surface area (Å²) in [5, 5.41) is 4.51. The van der Waals surface area contributed by atoms with E-state index in [1.165, 1.54) is 22.0 Å². The zero-order valence-corrected chi connectivity index (χ0v) is 13.1. The molecule has 0 aliphatic carbocycles. The molecule has 0 spiro atoms. The molecule has 1 aliphatic heterocycles. The number of aromatic nitrogens is 1. The molecule has 1 fully saturated rings. The Morgan fingerprint density at radius 3 is 3.23 bits per heavy atom. The molecular formula is C17H24N4O. The van der Waals surface area contributed by atoms with Gasteiger partial charge >= 0.3 is 0 Å². The fraction of sp³-hybridized carbons (Fsp3) is 0.471. The normalized spacial score (nSPS) is 19.0. The third kappa shape index (κ3) is 3.42. The Morgan fingerprint density at radius 1 is 1.50 bits per heavy atom. The summed E-state index contributed by atoms with van der Waals surface area (Å²) in [5.74, 6) is 0.507. The van der Waals surface area contributed by atoms with Crippen molar-refractivity contribution in [2.75, 3.05) is 19.7 Å². The van der Waals surface area contributed by atoms with Gasteiger partial charge in [0, 0.05) is 30.3 Å². The van der Waals surface area contributed by atoms with Crippen LogP contribution in [-0.2, 0) is 11.2 Å². The molecule has 1 saturated heterocycles. The molecule has 4 N–H and O–H groups in total. The van der Waals surface area contributed by atoms with Gasteiger partial charge in [0.25, 0.3) is 0 Å². The lowest BCUT2D eigenvalue weighted by Crippen LogP contribution is -2.34. The number of nitrogens with two attached hydrogens (primary N) is 1. The van der Waals surface area contributed by atoms with Crippen molar-refractivity contribution in [3.8, 4) is 0 Å². The summed E-state index contributed by atoms with van der Waals surface area (Å²) in [6, 6.07) is 6.33. The van der Waals surface area contributed by atoms with Gasteiger partial charge in [0.2, 0.25) is 0 Å². The van der Waals surface area contributed by atoms with Gasteiger partial charge in [0.05, 0.1) is 12.6 Å². The lowest BCUT2D eigenvalue weighted by molar-refractivity contribution is 0.118. The fourth-order valence-corrected chi connectivity index (χ4v) is 3.02. The molecule has 1 aliphatic rings. The minimum atomic E-state index is 0.247. The maximum absolute atomic E-state index is 5.91. The van der Waals surface area contributed by atoms with Crippen molar-refractivity contribution in [1.29, 1.82) is 0 Å². The van der Waals surface area contributed by atoms with Crippen molar-refractivity contribution in [2.45, 2.75) is 32.3 Å². The molecule has 5 nitrogen and oxygen atoms in total. The summed E-state index contributed by atoms with van der Waals surface area (Å²) in [6.45, 7) is 4.44. The second kappa shape index (κ2) is 6.83. The molecule has 1 aromatic carbocycles. The van der Waals surface area contributed by atoms with E-state index in [9.17, 15) is 0 Å². The standard InChI is InChI=1S/C17H24N4O/c1-12-4-2-6-15-16(12)13(10-20-15)7-8-19-17(18)21-11-14-5-3-9-22-14/h2,4,6,10,14,20H,3,5,7-9,11H2,1H3,(H3,18,19,21). The number of fused-ring (bicyclic) bond motifs is 1. The Kier molecular flexibility index (Phi) is 4.63. The van der Waals surface area contributed by atoms with Crippen molar-refractivity contribution in [3.05, 3.63) is 35.5 Å². The smallest absolute Gasteiger partial charge is 0.188 e. The highest BCUT2D eigenvalue weighted by Gasteiger charge is 2.14. The van der Waals surface area contributed by atoms with E-state index >= 15 is 0 Å². The molecule has 118 valence electrons. The summed E-state index contributed by atoms with van der Waals surface area (Å²) in [6.07, 6.45) is 5.47. The van der Waals surface area contributed by atoms with Crippen molar-refractivity contribution >= 4 is 16.9 Å². The SMILES string of the molecule is Cc1cccc2[nH]cc(CCNC(N)=NCC3CCCO3)c12. The number of guanidine groups is 1. The first kappa shape index (κ1) is 14.9. The van der Waals surface area contributed by atoms with Crippen LogP contribution in [0.4, 0.5) is 0 Å². The van der Waals surface area contributed by atoms with Crippen LogP contribution in [0, 0.1) is 6.92 Å². The molecule has 0 saturated carbocycles. The zero-order valence-electron chi connectivity index (χ0n) is 13.1. The van der Waals surface area contributed by atoms with Crippen LogP contribution in [-0.4, -0.2) is 36.7 Å². The number of H-pyrrole nitrogens is 1. The summed E-state index contributed by atoms with van der Waals surface area (Å²) in [4.78, 5) is 7.68. The number of aryl methyl sites for hydroxylation is 1. The van der Waals surface area contributed by atoms with Crippen molar-refractivity contribution in [2.24, 2.45) is 10.7 Å². The predicted molar refractivity (Wildman–Crippen MR) is 90.2 cm³/mol. The zero-order chi connectivity index (χ0) is 15.4. The molecule has 3 rings (SSSR count). The minimum Gasteiger partial charge on any atom is -0.376 e. The van der Waals surface area contributed by atoms with Gasteiger partial charge in [-0.3, -0.25) is 4.99 Å². The largest absolute Gasteiger partial charge is 0.376 e. The number of rotatable bonds is 5. The third-order valence-electron chi connectivity index (χ3n) is 4.19. The number of nitrogens with one attached hydrogen (secondary N) is 2. The van der Waals surface area contributed by atoms with Crippen LogP contribution in [0.5, 0.6) is 0 Å². The van der Waals surface area contributed by atoms with Crippen LogP contribution in [0.2, 0.25) is 0 Å². The maximum Gasteiger partial charge on any atom is 0.188 e. The van der Waals surface area contributed by atoms with Crippen LogP contribution in [0.3, 0.4) is 0 Å². The monoisotopic (exact) mass is 300 g/mol. The highest BCUT2D eigenvalue weighted by atomic mass is 16.5. The number of hydrogen-bond acceptors (Lipinski definition) is 2. The number of nitrogens with zero attached hydrogens (tertiary/aromatic N) is 1. The van der Waals surface area contributed by atoms with Gasteiger partial charge in [-0.05, 0) is 43.4 Å². The average Bonchev–Trinajstić information content (AvgIpc) is 3.15. The lowest BCUT2D eigenvalue weighted by atomic mass is 10.1. The molecule has 1 atom stereocenters. The molecular weight excluding hydrogens is 276 g/mol. The van der Waals surface area contributed by atoms with Crippen LogP contribution >= 0.6 is 0 Å². The van der Waals surface area contributed by atoms with E-state index in [-0.39, 0.29) is 6.10 Å². The highest BCUT2D eigenvalue weighted by molar-refractivity contribution is 5.86. The topological polar surface area (TPSA) is 75.4 Å². The molecule has 0 bridgehead atoms. The third-order valence-corrected chi connectivity index (χ3v) is 4.19. The molecule has 0 amide bonds. The van der Waals surface area contributed by atoms with Gasteiger partial charge < -0.3 is 20.8 Å². The molecule has 2 aromatic rings. The Hall–Kier alpha value is -2.01. The average molecular weight is 300 g/mol. The molecule has 1 unspecified atom stereocenters. The highest BCUT2D eigenvalue weighted by Crippen LogP contribution is 2.22. The number of hydrogen-bond donors (Lipinski definition) is 3. The summed E-state index contributed by atoms with van der Waals surface area (Å²) >= 11 is 0. The van der Waals surface area contributed by atoms with E-state index in [4.69, 9.17) is 10.5 Å². The van der Waals surface area contributed by atoms with Gasteiger partial charge in [-0.15, -0.1) is 0 Å². The molecule has 0 radical (unpaired) electrons. The number of ether oxygens (including phenoxy) is 1. The Morgan fingerprint density at radius 2 is 2.41 bits per heavy atom. The van der Waals surface area contributed by atoms with Crippen LogP contribution in [0.15, 0.2) is 29.4 Å². The van der Waals surface area contributed by atoms with Crippen LogP contribution in [0.1, 0.15) is 24.0 Å². The lowest BCUT2D eigenvalue weighted by Gasteiger charge is -2.08. The molecule has 1 aromatic heterocycles. The first-order valence-electron chi connectivity index (χ1n) is 7.95. The summed E-state index contributed by atoms with van der Waals surface area (Å²) in [7, 11) is 0. The first-order chi connectivity index (χ1) is 10.7. The molecule has 5 heteroatoms. The van der Waals surface area contributed by atoms with Crippen LogP contribution in [0.25, 0.3) is 10.9 Å². The first-order valence-corrected chi connectivity index (χ1v) is 7.95. The van der Waals surface area contributed by atoms with Crippen molar-refractivity contribution in [3.63, 3.8) is 0 Å². The number of aromatic amines is 1. The van der Waals surface area contributed by atoms with Crippen molar-refractivity contribution in [1.82, 2.24) is 10.3 Å². The predicted octanol–water partition coefficient (Wildman–Crippen LogP) is 2.10. The maximum atomic E-state index is 5.91. The van der Waals surface area contributed by atoms with Crippen LogP contribution < -0.4 is 11.1 Å². The van der Waals surface area contributed by atoms with Gasteiger partial charge in [0.1, 0.15) is 0 Å². The van der Waals surface area contributed by atoms with Gasteiger partial charge in [-0.2, -0.15) is 0 Å². The van der Waals surface area contributed by atoms with E-state index < -0.39 is 0 Å². The number of benzene rings is 1. The van der Waals surface area contributed by atoms with Gasteiger partial charge in [0.15, 0.2) is 5.96 Å². The Labute approximate surface area is 130 Å². The Bertz CT molecular complexity index is 656. The second-order valence-electron chi connectivity index (χ2n) is 5.85. The van der Waals surface area contributed by atoms with E-state index in [2.05, 4.69) is 46.6 Å². The number of aliphatic imine (C=N–C) groups is 1. The van der Waals surface area contributed by atoms with Gasteiger partial charge in [-0.1, -0.05) is 12.1 Å².